The second-order valence-corrected chi connectivity index (χ2v) is 6.92. The van der Waals surface area contributed by atoms with E-state index in [1.807, 2.05) is 24.3 Å². The standard InChI is InChI=1S/C19H21Cl2N5O2/c1-3-8-26-19(23-24-25-26)22-11-13-5-7-17(18(10-13)27-2)28-12-14-4-6-15(20)16(21)9-14/h4-7,9-10H,3,8,11-12H2,1-2H3,(H,22,23,25). The van der Waals surface area contributed by atoms with Gasteiger partial charge in [-0.25, -0.2) is 4.68 Å². The van der Waals surface area contributed by atoms with Crippen LogP contribution in [0.1, 0.15) is 24.5 Å². The lowest BCUT2D eigenvalue weighted by atomic mass is 10.2. The number of ether oxygens (including phenoxy) is 2. The van der Waals surface area contributed by atoms with Gasteiger partial charge in [-0.1, -0.05) is 47.4 Å². The summed E-state index contributed by atoms with van der Waals surface area (Å²) in [5, 5.41) is 15.9. The van der Waals surface area contributed by atoms with Crippen molar-refractivity contribution in [2.45, 2.75) is 33.0 Å². The van der Waals surface area contributed by atoms with Gasteiger partial charge in [-0.2, -0.15) is 0 Å². The highest BCUT2D eigenvalue weighted by Gasteiger charge is 2.09. The Morgan fingerprint density at radius 3 is 2.61 bits per heavy atom. The van der Waals surface area contributed by atoms with Gasteiger partial charge in [0.2, 0.25) is 5.95 Å². The highest BCUT2D eigenvalue weighted by Crippen LogP contribution is 2.30. The van der Waals surface area contributed by atoms with Crippen LogP contribution in [0.25, 0.3) is 0 Å². The molecule has 7 nitrogen and oxygen atoms in total. The van der Waals surface area contributed by atoms with Crippen LogP contribution in [0.4, 0.5) is 5.95 Å². The summed E-state index contributed by atoms with van der Waals surface area (Å²) in [4.78, 5) is 0. The number of methoxy groups -OCH3 is 1. The van der Waals surface area contributed by atoms with Crippen LogP contribution in [0.5, 0.6) is 11.5 Å². The third-order valence-corrected chi connectivity index (χ3v) is 4.76. The number of tetrazole rings is 1. The Bertz CT molecular complexity index is 932. The van der Waals surface area contributed by atoms with Crippen molar-refractivity contribution in [3.63, 3.8) is 0 Å². The van der Waals surface area contributed by atoms with E-state index in [9.17, 15) is 0 Å². The molecular weight excluding hydrogens is 401 g/mol. The Balaban J connectivity index is 1.64. The number of hydrogen-bond acceptors (Lipinski definition) is 6. The van der Waals surface area contributed by atoms with E-state index in [0.29, 0.717) is 40.6 Å². The van der Waals surface area contributed by atoms with E-state index in [4.69, 9.17) is 32.7 Å². The normalized spacial score (nSPS) is 10.7. The average Bonchev–Trinajstić information content (AvgIpc) is 3.15. The molecule has 0 saturated carbocycles. The number of nitrogens with one attached hydrogen (secondary N) is 1. The summed E-state index contributed by atoms with van der Waals surface area (Å²) >= 11 is 12.0. The summed E-state index contributed by atoms with van der Waals surface area (Å²) in [6, 6.07) is 11.2. The summed E-state index contributed by atoms with van der Waals surface area (Å²) < 4.78 is 13.1. The molecule has 0 radical (unpaired) electrons. The van der Waals surface area contributed by atoms with Crippen molar-refractivity contribution in [1.29, 1.82) is 0 Å². The van der Waals surface area contributed by atoms with Crippen molar-refractivity contribution in [3.8, 4) is 11.5 Å². The van der Waals surface area contributed by atoms with Crippen LogP contribution >= 0.6 is 23.2 Å². The van der Waals surface area contributed by atoms with Crippen LogP contribution in [0.3, 0.4) is 0 Å². The van der Waals surface area contributed by atoms with E-state index >= 15 is 0 Å². The van der Waals surface area contributed by atoms with Crippen molar-refractivity contribution in [1.82, 2.24) is 20.2 Å². The third kappa shape index (κ3) is 5.05. The van der Waals surface area contributed by atoms with Gasteiger partial charge < -0.3 is 14.8 Å². The number of nitrogens with zero attached hydrogens (tertiary/aromatic N) is 4. The number of rotatable bonds is 9. The van der Waals surface area contributed by atoms with E-state index in [0.717, 1.165) is 24.1 Å². The van der Waals surface area contributed by atoms with Crippen LogP contribution < -0.4 is 14.8 Å². The fraction of sp³-hybridized carbons (Fsp3) is 0.316. The van der Waals surface area contributed by atoms with Crippen LogP contribution in [0.15, 0.2) is 36.4 Å². The van der Waals surface area contributed by atoms with Crippen molar-refractivity contribution in [2.75, 3.05) is 12.4 Å². The lowest BCUT2D eigenvalue weighted by Gasteiger charge is -2.13. The molecule has 148 valence electrons. The molecule has 2 aromatic carbocycles. The molecule has 0 amide bonds. The molecule has 1 heterocycles. The van der Waals surface area contributed by atoms with Gasteiger partial charge in [0, 0.05) is 13.1 Å². The molecule has 0 fully saturated rings. The average molecular weight is 422 g/mol. The maximum absolute atomic E-state index is 6.05. The fourth-order valence-electron chi connectivity index (χ4n) is 2.61. The molecule has 3 rings (SSSR count). The zero-order chi connectivity index (χ0) is 19.9. The number of hydrogen-bond donors (Lipinski definition) is 1. The fourth-order valence-corrected chi connectivity index (χ4v) is 2.93. The maximum atomic E-state index is 6.05. The first kappa shape index (κ1) is 20.2. The van der Waals surface area contributed by atoms with Gasteiger partial charge in [0.25, 0.3) is 0 Å². The van der Waals surface area contributed by atoms with Crippen molar-refractivity contribution in [3.05, 3.63) is 57.6 Å². The van der Waals surface area contributed by atoms with E-state index in [-0.39, 0.29) is 0 Å². The number of benzene rings is 2. The SMILES string of the molecule is CCCn1nnnc1NCc1ccc(OCc2ccc(Cl)c(Cl)c2)c(OC)c1. The molecule has 0 aliphatic rings. The predicted molar refractivity (Wildman–Crippen MR) is 109 cm³/mol. The number of aryl methyl sites for hydroxylation is 1. The number of halogens is 2. The lowest BCUT2D eigenvalue weighted by Crippen LogP contribution is -2.09. The zero-order valence-corrected chi connectivity index (χ0v) is 17.2. The zero-order valence-electron chi connectivity index (χ0n) is 15.7. The second-order valence-electron chi connectivity index (χ2n) is 6.10. The minimum absolute atomic E-state index is 0.358. The molecule has 0 aliphatic heterocycles. The Labute approximate surface area is 173 Å². The summed E-state index contributed by atoms with van der Waals surface area (Å²) in [7, 11) is 1.61. The molecule has 3 aromatic rings. The van der Waals surface area contributed by atoms with Crippen LogP contribution in [0, 0.1) is 0 Å². The molecule has 9 heteroatoms. The van der Waals surface area contributed by atoms with E-state index in [1.165, 1.54) is 0 Å². The monoisotopic (exact) mass is 421 g/mol. The van der Waals surface area contributed by atoms with Gasteiger partial charge in [-0.15, -0.1) is 0 Å². The summed E-state index contributed by atoms with van der Waals surface area (Å²) in [5.41, 5.74) is 1.94. The van der Waals surface area contributed by atoms with Crippen molar-refractivity contribution < 1.29 is 9.47 Å². The van der Waals surface area contributed by atoms with Crippen molar-refractivity contribution >= 4 is 29.2 Å². The summed E-state index contributed by atoms with van der Waals surface area (Å²) in [5.74, 6) is 1.93. The first-order valence-corrected chi connectivity index (χ1v) is 9.60. The quantitative estimate of drug-likeness (QED) is 0.544. The van der Waals surface area contributed by atoms with Gasteiger partial charge >= 0.3 is 0 Å². The maximum Gasteiger partial charge on any atom is 0.243 e. The molecule has 1 aromatic heterocycles. The van der Waals surface area contributed by atoms with Crippen LogP contribution in [-0.4, -0.2) is 27.3 Å². The minimum Gasteiger partial charge on any atom is -0.493 e. The van der Waals surface area contributed by atoms with Crippen LogP contribution in [-0.2, 0) is 19.7 Å². The molecule has 0 spiro atoms. The van der Waals surface area contributed by atoms with Crippen molar-refractivity contribution in [2.24, 2.45) is 0 Å². The molecule has 1 N–H and O–H groups in total. The van der Waals surface area contributed by atoms with Crippen LogP contribution in [0.2, 0.25) is 10.0 Å². The Morgan fingerprint density at radius 2 is 1.86 bits per heavy atom. The summed E-state index contributed by atoms with van der Waals surface area (Å²) in [6.45, 7) is 3.76. The first-order valence-electron chi connectivity index (χ1n) is 8.84. The Kier molecular flexibility index (Phi) is 6.95. The molecule has 28 heavy (non-hydrogen) atoms. The van der Waals surface area contributed by atoms with Gasteiger partial charge in [-0.3, -0.25) is 0 Å². The topological polar surface area (TPSA) is 74.1 Å². The molecule has 0 unspecified atom stereocenters. The lowest BCUT2D eigenvalue weighted by molar-refractivity contribution is 0.284. The van der Waals surface area contributed by atoms with Gasteiger partial charge in [0.15, 0.2) is 11.5 Å². The minimum atomic E-state index is 0.358. The Morgan fingerprint density at radius 1 is 1.04 bits per heavy atom. The van der Waals surface area contributed by atoms with E-state index < -0.39 is 0 Å². The van der Waals surface area contributed by atoms with Gasteiger partial charge in [-0.05, 0) is 52.2 Å². The number of anilines is 1. The molecule has 0 atom stereocenters. The predicted octanol–water partition coefficient (Wildman–Crippen LogP) is 4.59. The summed E-state index contributed by atoms with van der Waals surface area (Å²) in [6.07, 6.45) is 0.957. The second kappa shape index (κ2) is 9.61. The highest BCUT2D eigenvalue weighted by molar-refractivity contribution is 6.42. The highest BCUT2D eigenvalue weighted by atomic mass is 35.5. The van der Waals surface area contributed by atoms with E-state index in [1.54, 1.807) is 23.9 Å². The first-order chi connectivity index (χ1) is 13.6. The Hall–Kier alpha value is -2.51. The molecule has 0 bridgehead atoms. The number of aromatic nitrogens is 4. The smallest absolute Gasteiger partial charge is 0.243 e. The third-order valence-electron chi connectivity index (χ3n) is 4.02. The molecule has 0 saturated heterocycles. The van der Waals surface area contributed by atoms with E-state index in [2.05, 4.69) is 27.8 Å². The van der Waals surface area contributed by atoms with Gasteiger partial charge in [0.1, 0.15) is 6.61 Å². The largest absolute Gasteiger partial charge is 0.493 e. The molecule has 0 aliphatic carbocycles. The molecular formula is C19H21Cl2N5O2. The van der Waals surface area contributed by atoms with Gasteiger partial charge in [0.05, 0.1) is 17.2 Å².